The summed E-state index contributed by atoms with van der Waals surface area (Å²) in [5.74, 6) is -0.445. The molecular formula is C13H25N3O4S. The Morgan fingerprint density at radius 3 is 2.57 bits per heavy atom. The smallest absolute Gasteiger partial charge is 0.324 e. The van der Waals surface area contributed by atoms with Crippen LogP contribution in [0.2, 0.25) is 0 Å². The highest BCUT2D eigenvalue weighted by Gasteiger charge is 2.44. The number of carbonyl (C=O) groups excluding carboxylic acids is 1. The first kappa shape index (κ1) is 16.7. The van der Waals surface area contributed by atoms with E-state index in [4.69, 9.17) is 10.5 Å². The van der Waals surface area contributed by atoms with E-state index in [0.29, 0.717) is 32.5 Å². The fourth-order valence-electron chi connectivity index (χ4n) is 3.14. The summed E-state index contributed by atoms with van der Waals surface area (Å²) in [5, 5.41) is 0. The number of hydrogen-bond acceptors (Lipinski definition) is 5. The minimum atomic E-state index is -3.65. The average Bonchev–Trinajstić information content (AvgIpc) is 2.97. The molecule has 2 rings (SSSR count). The van der Waals surface area contributed by atoms with Crippen LogP contribution in [0.4, 0.5) is 0 Å². The predicted octanol–water partition coefficient (Wildman–Crippen LogP) is 0.0719. The molecule has 0 saturated carbocycles. The zero-order valence-electron chi connectivity index (χ0n) is 12.5. The van der Waals surface area contributed by atoms with Crippen LogP contribution in [0, 0.1) is 0 Å². The Morgan fingerprint density at radius 2 is 1.90 bits per heavy atom. The maximum Gasteiger partial charge on any atom is 0.324 e. The molecule has 0 aliphatic carbocycles. The van der Waals surface area contributed by atoms with E-state index in [0.717, 1.165) is 19.3 Å². The maximum atomic E-state index is 12.9. The van der Waals surface area contributed by atoms with Gasteiger partial charge in [-0.05, 0) is 32.6 Å². The third-order valence-electron chi connectivity index (χ3n) is 4.20. The van der Waals surface area contributed by atoms with Gasteiger partial charge in [-0.25, -0.2) is 0 Å². The van der Waals surface area contributed by atoms with E-state index >= 15 is 0 Å². The van der Waals surface area contributed by atoms with Gasteiger partial charge in [-0.15, -0.1) is 0 Å². The first-order chi connectivity index (χ1) is 10.0. The fourth-order valence-corrected chi connectivity index (χ4v) is 5.21. The summed E-state index contributed by atoms with van der Waals surface area (Å²) in [6, 6.07) is -0.845. The molecule has 7 nitrogen and oxygen atoms in total. The molecule has 0 aromatic heterocycles. The lowest BCUT2D eigenvalue weighted by Crippen LogP contribution is -2.55. The number of nitrogens with zero attached hydrogens (tertiary/aromatic N) is 2. The van der Waals surface area contributed by atoms with Crippen LogP contribution in [0.3, 0.4) is 0 Å². The van der Waals surface area contributed by atoms with Gasteiger partial charge in [0, 0.05) is 25.7 Å². The van der Waals surface area contributed by atoms with Crippen molar-refractivity contribution in [2.75, 3.05) is 26.2 Å². The molecule has 8 heteroatoms. The van der Waals surface area contributed by atoms with Gasteiger partial charge in [0.25, 0.3) is 10.2 Å². The monoisotopic (exact) mass is 319 g/mol. The van der Waals surface area contributed by atoms with Crippen molar-refractivity contribution in [3.05, 3.63) is 0 Å². The highest BCUT2D eigenvalue weighted by molar-refractivity contribution is 7.86. The lowest BCUT2D eigenvalue weighted by atomic mass is 10.1. The summed E-state index contributed by atoms with van der Waals surface area (Å²) >= 11 is 0. The Hall–Kier alpha value is -0.700. The van der Waals surface area contributed by atoms with E-state index in [2.05, 4.69) is 0 Å². The zero-order chi connectivity index (χ0) is 15.5. The van der Waals surface area contributed by atoms with Crippen LogP contribution in [-0.2, 0) is 19.7 Å². The van der Waals surface area contributed by atoms with E-state index in [-0.39, 0.29) is 12.6 Å². The number of hydrogen-bond donors (Lipinski definition) is 1. The Bertz CT molecular complexity index is 468. The van der Waals surface area contributed by atoms with Gasteiger partial charge in [0.2, 0.25) is 0 Å². The molecule has 0 aromatic carbocycles. The summed E-state index contributed by atoms with van der Waals surface area (Å²) in [6.07, 6.45) is 3.83. The summed E-state index contributed by atoms with van der Waals surface area (Å²) in [6.45, 7) is 3.16. The largest absolute Gasteiger partial charge is 0.465 e. The summed E-state index contributed by atoms with van der Waals surface area (Å²) in [7, 11) is -3.65. The molecule has 2 heterocycles. The van der Waals surface area contributed by atoms with E-state index in [1.165, 1.54) is 8.61 Å². The first-order valence-corrected chi connectivity index (χ1v) is 9.07. The van der Waals surface area contributed by atoms with Crippen LogP contribution < -0.4 is 5.73 Å². The molecule has 0 amide bonds. The Labute approximate surface area is 126 Å². The molecule has 21 heavy (non-hydrogen) atoms. The number of rotatable bonds is 5. The third-order valence-corrected chi connectivity index (χ3v) is 6.30. The Balaban J connectivity index is 2.19. The average molecular weight is 319 g/mol. The standard InChI is InChI=1S/C13H25N3O4S/c1-2-20-13(17)12-7-5-9-16(12)21(18,19)15-8-4-3-6-11(15)10-14/h11-12H,2-10,14H2,1H3. The molecule has 2 aliphatic rings. The predicted molar refractivity (Wildman–Crippen MR) is 78.7 cm³/mol. The number of nitrogens with two attached hydrogens (primary N) is 1. The van der Waals surface area contributed by atoms with E-state index in [1.807, 2.05) is 0 Å². The van der Waals surface area contributed by atoms with Gasteiger partial charge in [-0.3, -0.25) is 4.79 Å². The quantitative estimate of drug-likeness (QED) is 0.724. The van der Waals surface area contributed by atoms with Crippen molar-refractivity contribution >= 4 is 16.2 Å². The van der Waals surface area contributed by atoms with Crippen LogP contribution in [0.25, 0.3) is 0 Å². The van der Waals surface area contributed by atoms with Crippen LogP contribution in [0.1, 0.15) is 39.0 Å². The van der Waals surface area contributed by atoms with Gasteiger partial charge in [0.1, 0.15) is 6.04 Å². The molecule has 122 valence electrons. The normalized spacial score (nSPS) is 28.7. The van der Waals surface area contributed by atoms with Crippen molar-refractivity contribution in [1.29, 1.82) is 0 Å². The molecule has 0 bridgehead atoms. The fraction of sp³-hybridized carbons (Fsp3) is 0.923. The second-order valence-electron chi connectivity index (χ2n) is 5.52. The van der Waals surface area contributed by atoms with Gasteiger partial charge in [0.05, 0.1) is 6.61 Å². The SMILES string of the molecule is CCOC(=O)C1CCCN1S(=O)(=O)N1CCCCC1CN. The summed E-state index contributed by atoms with van der Waals surface area (Å²) in [4.78, 5) is 12.0. The topological polar surface area (TPSA) is 92.9 Å². The van der Waals surface area contributed by atoms with Gasteiger partial charge in [-0.2, -0.15) is 17.0 Å². The van der Waals surface area contributed by atoms with E-state index in [9.17, 15) is 13.2 Å². The van der Waals surface area contributed by atoms with Crippen molar-refractivity contribution in [2.45, 2.75) is 51.1 Å². The molecule has 0 spiro atoms. The highest BCUT2D eigenvalue weighted by Crippen LogP contribution is 2.28. The molecule has 2 aliphatic heterocycles. The maximum absolute atomic E-state index is 12.9. The van der Waals surface area contributed by atoms with Gasteiger partial charge in [0.15, 0.2) is 0 Å². The lowest BCUT2D eigenvalue weighted by Gasteiger charge is -2.37. The molecular weight excluding hydrogens is 294 g/mol. The number of piperidine rings is 1. The second kappa shape index (κ2) is 7.04. The molecule has 2 N–H and O–H groups in total. The minimum absolute atomic E-state index is 0.160. The highest BCUT2D eigenvalue weighted by atomic mass is 32.2. The van der Waals surface area contributed by atoms with E-state index in [1.54, 1.807) is 6.92 Å². The van der Waals surface area contributed by atoms with Crippen molar-refractivity contribution in [3.63, 3.8) is 0 Å². The second-order valence-corrected chi connectivity index (χ2v) is 7.36. The summed E-state index contributed by atoms with van der Waals surface area (Å²) < 4.78 is 33.5. The molecule has 2 fully saturated rings. The number of ether oxygens (including phenoxy) is 1. The Kier molecular flexibility index (Phi) is 5.59. The van der Waals surface area contributed by atoms with Crippen LogP contribution in [-0.4, -0.2) is 61.3 Å². The lowest BCUT2D eigenvalue weighted by molar-refractivity contribution is -0.147. The molecule has 2 saturated heterocycles. The molecule has 2 unspecified atom stereocenters. The van der Waals surface area contributed by atoms with Crippen LogP contribution in [0.15, 0.2) is 0 Å². The van der Waals surface area contributed by atoms with Crippen molar-refractivity contribution in [1.82, 2.24) is 8.61 Å². The van der Waals surface area contributed by atoms with E-state index < -0.39 is 22.2 Å². The van der Waals surface area contributed by atoms with Gasteiger partial charge < -0.3 is 10.5 Å². The van der Waals surface area contributed by atoms with Crippen LogP contribution >= 0.6 is 0 Å². The number of esters is 1. The van der Waals surface area contributed by atoms with Gasteiger partial charge >= 0.3 is 5.97 Å². The number of carbonyl (C=O) groups is 1. The van der Waals surface area contributed by atoms with Crippen LogP contribution in [0.5, 0.6) is 0 Å². The zero-order valence-corrected chi connectivity index (χ0v) is 13.3. The first-order valence-electron chi connectivity index (χ1n) is 7.67. The minimum Gasteiger partial charge on any atom is -0.465 e. The molecule has 0 radical (unpaired) electrons. The third kappa shape index (κ3) is 3.39. The molecule has 2 atom stereocenters. The van der Waals surface area contributed by atoms with Gasteiger partial charge in [-0.1, -0.05) is 6.42 Å². The van der Waals surface area contributed by atoms with Crippen molar-refractivity contribution in [2.24, 2.45) is 5.73 Å². The van der Waals surface area contributed by atoms with Crippen molar-refractivity contribution in [3.8, 4) is 0 Å². The van der Waals surface area contributed by atoms with Crippen molar-refractivity contribution < 1.29 is 17.9 Å². The Morgan fingerprint density at radius 1 is 1.19 bits per heavy atom. The summed E-state index contributed by atoms with van der Waals surface area (Å²) in [5.41, 5.74) is 5.71. The molecule has 0 aromatic rings.